The van der Waals surface area contributed by atoms with Gasteiger partial charge in [0.1, 0.15) is 0 Å². The van der Waals surface area contributed by atoms with Gasteiger partial charge in [0.2, 0.25) is 0 Å². The Morgan fingerprint density at radius 3 is 2.50 bits per heavy atom. The van der Waals surface area contributed by atoms with Gasteiger partial charge in [-0.15, -0.1) is 0 Å². The lowest BCUT2D eigenvalue weighted by molar-refractivity contribution is 0.0855. The molecule has 0 atom stereocenters. The van der Waals surface area contributed by atoms with Crippen LogP contribution in [0.15, 0.2) is 18.3 Å². The van der Waals surface area contributed by atoms with Crippen LogP contribution in [0.3, 0.4) is 0 Å². The average molecular weight is 327 g/mol. The van der Waals surface area contributed by atoms with Gasteiger partial charge in [-0.25, -0.2) is 0 Å². The second-order valence-corrected chi connectivity index (χ2v) is 8.03. The maximum Gasteiger partial charge on any atom is 0.164 e. The normalized spacial score (nSPS) is 16.7. The van der Waals surface area contributed by atoms with Gasteiger partial charge in [0, 0.05) is 43.8 Å². The van der Waals surface area contributed by atoms with E-state index in [0.717, 1.165) is 37.0 Å². The van der Waals surface area contributed by atoms with E-state index in [1.165, 1.54) is 16.6 Å². The molecule has 0 aliphatic carbocycles. The largest absolute Gasteiger partial charge is 0.381 e. The van der Waals surface area contributed by atoms with Gasteiger partial charge in [-0.3, -0.25) is 4.79 Å². The predicted octanol–water partition coefficient (Wildman–Crippen LogP) is 4.96. The summed E-state index contributed by atoms with van der Waals surface area (Å²) in [5.74, 6) is 0.742. The van der Waals surface area contributed by atoms with Gasteiger partial charge in [-0.05, 0) is 41.4 Å². The minimum Gasteiger partial charge on any atom is -0.381 e. The van der Waals surface area contributed by atoms with E-state index in [4.69, 9.17) is 4.74 Å². The van der Waals surface area contributed by atoms with Crippen LogP contribution in [0.25, 0.3) is 10.9 Å². The van der Waals surface area contributed by atoms with Gasteiger partial charge in [0.25, 0.3) is 0 Å². The Kier molecular flexibility index (Phi) is 4.56. The van der Waals surface area contributed by atoms with Crippen LogP contribution in [0.1, 0.15) is 74.4 Å². The number of hydrogen-bond donors (Lipinski definition) is 0. The molecule has 0 N–H and O–H groups in total. The number of fused-ring (bicyclic) bond motifs is 1. The average Bonchev–Trinajstić information content (AvgIpc) is 2.90. The van der Waals surface area contributed by atoms with Crippen LogP contribution in [0.4, 0.5) is 0 Å². The van der Waals surface area contributed by atoms with Crippen molar-refractivity contribution in [2.45, 2.75) is 58.3 Å². The summed E-state index contributed by atoms with van der Waals surface area (Å²) >= 11 is 0. The van der Waals surface area contributed by atoms with Crippen LogP contribution >= 0.6 is 0 Å². The lowest BCUT2D eigenvalue weighted by Gasteiger charge is -2.27. The number of ether oxygens (including phenoxy) is 1. The maximum absolute atomic E-state index is 12.5. The number of carbonyl (C=O) groups is 1. The van der Waals surface area contributed by atoms with E-state index in [-0.39, 0.29) is 11.2 Å². The van der Waals surface area contributed by atoms with Crippen molar-refractivity contribution in [3.05, 3.63) is 35.0 Å². The number of carbonyl (C=O) groups excluding carboxylic acids is 1. The molecule has 2 heterocycles. The van der Waals surface area contributed by atoms with E-state index in [0.29, 0.717) is 12.3 Å². The predicted molar refractivity (Wildman–Crippen MR) is 99.0 cm³/mol. The van der Waals surface area contributed by atoms with Crippen molar-refractivity contribution in [1.29, 1.82) is 0 Å². The Morgan fingerprint density at radius 2 is 1.92 bits per heavy atom. The monoisotopic (exact) mass is 327 g/mol. The molecule has 0 amide bonds. The summed E-state index contributed by atoms with van der Waals surface area (Å²) < 4.78 is 7.71. The van der Waals surface area contributed by atoms with Gasteiger partial charge < -0.3 is 9.30 Å². The van der Waals surface area contributed by atoms with E-state index in [9.17, 15) is 4.79 Å². The Hall–Kier alpha value is -1.61. The lowest BCUT2D eigenvalue weighted by Crippen LogP contribution is -2.17. The van der Waals surface area contributed by atoms with Gasteiger partial charge in [0.05, 0.1) is 5.52 Å². The molecular formula is C21H29NO2. The number of ketones is 1. The summed E-state index contributed by atoms with van der Waals surface area (Å²) in [5, 5.41) is 1.12. The fourth-order valence-corrected chi connectivity index (χ4v) is 3.75. The first kappa shape index (κ1) is 17.2. The Balaban J connectivity index is 2.28. The highest BCUT2D eigenvalue weighted by molar-refractivity contribution is 6.09. The summed E-state index contributed by atoms with van der Waals surface area (Å²) in [7, 11) is 2.06. The van der Waals surface area contributed by atoms with Crippen LogP contribution < -0.4 is 0 Å². The zero-order chi connectivity index (χ0) is 17.5. The number of aromatic nitrogens is 1. The Morgan fingerprint density at radius 1 is 1.25 bits per heavy atom. The number of benzene rings is 1. The second kappa shape index (κ2) is 6.36. The molecule has 0 bridgehead atoms. The van der Waals surface area contributed by atoms with Crippen LogP contribution in [0, 0.1) is 0 Å². The summed E-state index contributed by atoms with van der Waals surface area (Å²) in [4.78, 5) is 12.5. The third-order valence-corrected chi connectivity index (χ3v) is 5.25. The third kappa shape index (κ3) is 3.02. The van der Waals surface area contributed by atoms with Crippen molar-refractivity contribution >= 4 is 16.7 Å². The molecule has 1 aliphatic rings. The first-order valence-electron chi connectivity index (χ1n) is 9.07. The van der Waals surface area contributed by atoms with Crippen molar-refractivity contribution in [1.82, 2.24) is 4.57 Å². The molecule has 2 aromatic rings. The van der Waals surface area contributed by atoms with E-state index in [2.05, 4.69) is 44.5 Å². The number of Topliss-reactive ketones (excluding diaryl/α,β-unsaturated/α-hetero) is 1. The molecule has 1 aromatic carbocycles. The van der Waals surface area contributed by atoms with E-state index in [1.807, 2.05) is 13.1 Å². The van der Waals surface area contributed by atoms with Gasteiger partial charge >= 0.3 is 0 Å². The molecule has 0 unspecified atom stereocenters. The highest BCUT2D eigenvalue weighted by Crippen LogP contribution is 2.38. The van der Waals surface area contributed by atoms with Crippen molar-refractivity contribution in [2.24, 2.45) is 7.05 Å². The molecule has 130 valence electrons. The fourth-order valence-electron chi connectivity index (χ4n) is 3.75. The Labute approximate surface area is 145 Å². The van der Waals surface area contributed by atoms with Crippen LogP contribution in [-0.2, 0) is 17.2 Å². The first-order chi connectivity index (χ1) is 11.3. The van der Waals surface area contributed by atoms with Gasteiger partial charge in [-0.1, -0.05) is 33.8 Å². The van der Waals surface area contributed by atoms with Crippen molar-refractivity contribution < 1.29 is 9.53 Å². The van der Waals surface area contributed by atoms with Crippen molar-refractivity contribution in [3.63, 3.8) is 0 Å². The summed E-state index contributed by atoms with van der Waals surface area (Å²) in [6.45, 7) is 10.3. The Bertz CT molecular complexity index is 758. The van der Waals surface area contributed by atoms with E-state index < -0.39 is 0 Å². The molecule has 3 nitrogen and oxygen atoms in total. The third-order valence-electron chi connectivity index (χ3n) is 5.25. The van der Waals surface area contributed by atoms with Gasteiger partial charge in [0.15, 0.2) is 5.78 Å². The molecule has 3 heteroatoms. The summed E-state index contributed by atoms with van der Waals surface area (Å²) in [6.07, 6.45) is 4.69. The molecule has 3 rings (SSSR count). The number of rotatable bonds is 3. The van der Waals surface area contributed by atoms with E-state index in [1.54, 1.807) is 0 Å². The van der Waals surface area contributed by atoms with Crippen LogP contribution in [-0.4, -0.2) is 23.6 Å². The standard InChI is InChI=1S/C21H29NO2/c1-6-19(23)18-13-22(5)20-16(14-7-9-24-10-8-14)11-15(12-17(18)20)21(2,3)4/h11-14H,6-10H2,1-5H3. The number of aryl methyl sites for hydroxylation is 1. The molecule has 1 aromatic heterocycles. The second-order valence-electron chi connectivity index (χ2n) is 8.03. The lowest BCUT2D eigenvalue weighted by atomic mass is 9.81. The smallest absolute Gasteiger partial charge is 0.164 e. The molecule has 0 radical (unpaired) electrons. The topological polar surface area (TPSA) is 31.2 Å². The number of nitrogens with zero attached hydrogens (tertiary/aromatic N) is 1. The number of hydrogen-bond acceptors (Lipinski definition) is 2. The van der Waals surface area contributed by atoms with Crippen LogP contribution in [0.2, 0.25) is 0 Å². The summed E-state index contributed by atoms with van der Waals surface area (Å²) in [5.41, 5.74) is 4.86. The molecule has 0 saturated carbocycles. The SMILES string of the molecule is CCC(=O)c1cn(C)c2c(C3CCOCC3)cc(C(C)(C)C)cc12. The van der Waals surface area contributed by atoms with Gasteiger partial charge in [-0.2, -0.15) is 0 Å². The molecule has 1 saturated heterocycles. The fraction of sp³-hybridized carbons (Fsp3) is 0.571. The van der Waals surface area contributed by atoms with Crippen molar-refractivity contribution in [2.75, 3.05) is 13.2 Å². The quantitative estimate of drug-likeness (QED) is 0.746. The molecule has 1 aliphatic heterocycles. The highest BCUT2D eigenvalue weighted by atomic mass is 16.5. The minimum atomic E-state index is 0.0660. The molecule has 24 heavy (non-hydrogen) atoms. The summed E-state index contributed by atoms with van der Waals surface area (Å²) in [6, 6.07) is 4.61. The minimum absolute atomic E-state index is 0.0660. The maximum atomic E-state index is 12.5. The molecule has 0 spiro atoms. The zero-order valence-electron chi connectivity index (χ0n) is 15.6. The first-order valence-corrected chi connectivity index (χ1v) is 9.07. The van der Waals surface area contributed by atoms with Crippen LogP contribution in [0.5, 0.6) is 0 Å². The molecule has 1 fully saturated rings. The van der Waals surface area contributed by atoms with Crippen molar-refractivity contribution in [3.8, 4) is 0 Å². The van der Waals surface area contributed by atoms with E-state index >= 15 is 0 Å². The highest BCUT2D eigenvalue weighted by Gasteiger charge is 2.25. The zero-order valence-corrected chi connectivity index (χ0v) is 15.6. The molecular weight excluding hydrogens is 298 g/mol.